The highest BCUT2D eigenvalue weighted by Gasteiger charge is 2.10. The third-order valence-electron chi connectivity index (χ3n) is 4.32. The average Bonchev–Trinajstić information content (AvgIpc) is 2.73. The molecule has 0 atom stereocenters. The number of ether oxygens (including phenoxy) is 1. The summed E-state index contributed by atoms with van der Waals surface area (Å²) in [5.74, 6) is 5.51. The number of carbonyl (C=O) groups is 2. The number of amides is 1. The number of benzene rings is 2. The molecule has 0 saturated carbocycles. The van der Waals surface area contributed by atoms with Gasteiger partial charge in [0, 0.05) is 18.9 Å². The zero-order valence-corrected chi connectivity index (χ0v) is 17.4. The Kier molecular flexibility index (Phi) is 9.20. The van der Waals surface area contributed by atoms with Crippen molar-refractivity contribution in [1.82, 2.24) is 0 Å². The summed E-state index contributed by atoms with van der Waals surface area (Å²) >= 11 is 0. The first kappa shape index (κ1) is 22.8. The van der Waals surface area contributed by atoms with Crippen LogP contribution in [0.3, 0.4) is 0 Å². The van der Waals surface area contributed by atoms with Crippen LogP contribution in [-0.2, 0) is 4.79 Å². The number of carbonyl (C=O) groups excluding carboxylic acids is 1. The van der Waals surface area contributed by atoms with Crippen LogP contribution in [0.1, 0.15) is 54.1 Å². The van der Waals surface area contributed by atoms with Crippen molar-refractivity contribution in [2.75, 3.05) is 11.9 Å². The molecule has 0 radical (unpaired) electrons. The van der Waals surface area contributed by atoms with Crippen molar-refractivity contribution < 1.29 is 19.4 Å². The molecule has 0 aliphatic heterocycles. The van der Waals surface area contributed by atoms with Crippen molar-refractivity contribution in [3.05, 3.63) is 65.2 Å². The molecule has 2 rings (SSSR count). The number of nitrogens with one attached hydrogen (secondary N) is 1. The maximum absolute atomic E-state index is 12.2. The highest BCUT2D eigenvalue weighted by molar-refractivity contribution is 6.06. The second-order valence-corrected chi connectivity index (χ2v) is 6.75. The summed E-state index contributed by atoms with van der Waals surface area (Å²) in [6.45, 7) is 4.62. The molecule has 5 nitrogen and oxygen atoms in total. The number of hydrogen-bond acceptors (Lipinski definition) is 3. The van der Waals surface area contributed by atoms with E-state index in [1.165, 1.54) is 12.1 Å². The Bertz CT molecular complexity index is 967. The van der Waals surface area contributed by atoms with Gasteiger partial charge in [-0.15, -0.1) is 5.92 Å². The molecule has 2 aromatic rings. The van der Waals surface area contributed by atoms with Gasteiger partial charge in [-0.1, -0.05) is 43.5 Å². The van der Waals surface area contributed by atoms with Gasteiger partial charge >= 0.3 is 5.97 Å². The first-order chi connectivity index (χ1) is 14.5. The molecule has 0 bridgehead atoms. The molecule has 156 valence electrons. The number of aromatic carboxylic acids is 1. The summed E-state index contributed by atoms with van der Waals surface area (Å²) in [6.07, 6.45) is 6.90. The van der Waals surface area contributed by atoms with Gasteiger partial charge in [0.2, 0.25) is 5.91 Å². The van der Waals surface area contributed by atoms with Crippen molar-refractivity contribution >= 4 is 23.6 Å². The third-order valence-corrected chi connectivity index (χ3v) is 4.32. The molecule has 0 aliphatic rings. The Balaban J connectivity index is 1.95. The van der Waals surface area contributed by atoms with Gasteiger partial charge in [0.15, 0.2) is 0 Å². The lowest BCUT2D eigenvalue weighted by Gasteiger charge is -2.09. The Morgan fingerprint density at radius 2 is 1.90 bits per heavy atom. The van der Waals surface area contributed by atoms with Gasteiger partial charge in [-0.3, -0.25) is 4.79 Å². The Hall–Kier alpha value is -3.52. The van der Waals surface area contributed by atoms with E-state index in [0.717, 1.165) is 36.1 Å². The molecule has 1 amide bonds. The SMILES string of the molecule is CCCCC#CCCOc1cc(/C=C/C(=O)Nc2ccccc2C(=O)O)ccc1C. The van der Waals surface area contributed by atoms with Crippen molar-refractivity contribution in [3.8, 4) is 17.6 Å². The van der Waals surface area contributed by atoms with Gasteiger partial charge in [0.25, 0.3) is 0 Å². The predicted octanol–water partition coefficient (Wildman–Crippen LogP) is 5.31. The Morgan fingerprint density at radius 1 is 1.13 bits per heavy atom. The fourth-order valence-corrected chi connectivity index (χ4v) is 2.65. The van der Waals surface area contributed by atoms with E-state index in [9.17, 15) is 14.7 Å². The highest BCUT2D eigenvalue weighted by Crippen LogP contribution is 2.21. The summed E-state index contributed by atoms with van der Waals surface area (Å²) in [5.41, 5.74) is 2.12. The highest BCUT2D eigenvalue weighted by atomic mass is 16.5. The molecular formula is C25H27NO4. The maximum atomic E-state index is 12.2. The molecule has 0 saturated heterocycles. The topological polar surface area (TPSA) is 75.6 Å². The summed E-state index contributed by atoms with van der Waals surface area (Å²) in [5, 5.41) is 11.8. The average molecular weight is 405 g/mol. The smallest absolute Gasteiger partial charge is 0.337 e. The summed E-state index contributed by atoms with van der Waals surface area (Å²) < 4.78 is 5.83. The quantitative estimate of drug-likeness (QED) is 0.337. The summed E-state index contributed by atoms with van der Waals surface area (Å²) in [6, 6.07) is 12.0. The van der Waals surface area contributed by atoms with E-state index in [1.807, 2.05) is 25.1 Å². The molecule has 0 fully saturated rings. The maximum Gasteiger partial charge on any atom is 0.337 e. The zero-order valence-electron chi connectivity index (χ0n) is 17.4. The number of hydrogen-bond donors (Lipinski definition) is 2. The molecule has 2 aromatic carbocycles. The van der Waals surface area contributed by atoms with Crippen LogP contribution >= 0.6 is 0 Å². The summed E-state index contributed by atoms with van der Waals surface area (Å²) in [4.78, 5) is 23.4. The molecule has 0 heterocycles. The van der Waals surface area contributed by atoms with E-state index in [1.54, 1.807) is 24.3 Å². The first-order valence-electron chi connectivity index (χ1n) is 10.0. The van der Waals surface area contributed by atoms with Crippen LogP contribution < -0.4 is 10.1 Å². The number of rotatable bonds is 9. The molecule has 2 N–H and O–H groups in total. The zero-order chi connectivity index (χ0) is 21.8. The van der Waals surface area contributed by atoms with Crippen LogP contribution in [0.15, 0.2) is 48.5 Å². The van der Waals surface area contributed by atoms with E-state index in [-0.39, 0.29) is 11.3 Å². The summed E-state index contributed by atoms with van der Waals surface area (Å²) in [7, 11) is 0. The largest absolute Gasteiger partial charge is 0.492 e. The van der Waals surface area contributed by atoms with Crippen LogP contribution in [0.5, 0.6) is 5.75 Å². The number of carboxylic acid groups (broad SMARTS) is 1. The fourth-order valence-electron chi connectivity index (χ4n) is 2.65. The molecule has 0 aliphatic carbocycles. The third kappa shape index (κ3) is 7.48. The second-order valence-electron chi connectivity index (χ2n) is 6.75. The predicted molar refractivity (Wildman–Crippen MR) is 120 cm³/mol. The van der Waals surface area contributed by atoms with E-state index >= 15 is 0 Å². The number of anilines is 1. The fraction of sp³-hybridized carbons (Fsp3) is 0.280. The van der Waals surface area contributed by atoms with Crippen molar-refractivity contribution in [3.63, 3.8) is 0 Å². The molecule has 30 heavy (non-hydrogen) atoms. The Morgan fingerprint density at radius 3 is 2.67 bits per heavy atom. The van der Waals surface area contributed by atoms with Crippen molar-refractivity contribution in [1.29, 1.82) is 0 Å². The van der Waals surface area contributed by atoms with Gasteiger partial charge in [0.1, 0.15) is 5.75 Å². The molecule has 0 aromatic heterocycles. The van der Waals surface area contributed by atoms with E-state index < -0.39 is 11.9 Å². The lowest BCUT2D eigenvalue weighted by Crippen LogP contribution is -2.11. The normalized spacial score (nSPS) is 10.3. The lowest BCUT2D eigenvalue weighted by atomic mass is 10.1. The molecule has 0 unspecified atom stereocenters. The van der Waals surface area contributed by atoms with Crippen LogP contribution in [0, 0.1) is 18.8 Å². The number of carboxylic acids is 1. The monoisotopic (exact) mass is 405 g/mol. The van der Waals surface area contributed by atoms with Crippen LogP contribution in [-0.4, -0.2) is 23.6 Å². The van der Waals surface area contributed by atoms with E-state index in [4.69, 9.17) is 4.74 Å². The van der Waals surface area contributed by atoms with Gasteiger partial charge < -0.3 is 15.2 Å². The second kappa shape index (κ2) is 12.1. The van der Waals surface area contributed by atoms with E-state index in [0.29, 0.717) is 13.0 Å². The van der Waals surface area contributed by atoms with Gasteiger partial charge in [-0.2, -0.15) is 0 Å². The van der Waals surface area contributed by atoms with Crippen LogP contribution in [0.2, 0.25) is 0 Å². The molecule has 5 heteroatoms. The molecular weight excluding hydrogens is 378 g/mol. The number of unbranched alkanes of at least 4 members (excludes halogenated alkanes) is 2. The minimum atomic E-state index is -1.09. The van der Waals surface area contributed by atoms with Gasteiger partial charge in [-0.05, 0) is 48.7 Å². The standard InChI is InChI=1S/C25H27NO4/c1-3-4-5-6-7-10-17-30-23-18-20(14-13-19(23)2)15-16-24(27)26-22-12-9-8-11-21(22)25(28)29/h8-9,11-16,18H,3-5,10,17H2,1-2H3,(H,26,27)(H,28,29)/b16-15+. The lowest BCUT2D eigenvalue weighted by molar-refractivity contribution is -0.111. The minimum absolute atomic E-state index is 0.0445. The number of aryl methyl sites for hydroxylation is 1. The van der Waals surface area contributed by atoms with E-state index in [2.05, 4.69) is 24.1 Å². The van der Waals surface area contributed by atoms with Gasteiger partial charge in [-0.25, -0.2) is 4.79 Å². The number of para-hydroxylation sites is 1. The van der Waals surface area contributed by atoms with Gasteiger partial charge in [0.05, 0.1) is 17.9 Å². The molecule has 0 spiro atoms. The first-order valence-corrected chi connectivity index (χ1v) is 10.0. The van der Waals surface area contributed by atoms with Crippen molar-refractivity contribution in [2.24, 2.45) is 0 Å². The van der Waals surface area contributed by atoms with Crippen molar-refractivity contribution in [2.45, 2.75) is 39.5 Å². The Labute approximate surface area is 177 Å². The minimum Gasteiger partial charge on any atom is -0.492 e. The van der Waals surface area contributed by atoms with Crippen LogP contribution in [0.25, 0.3) is 6.08 Å². The van der Waals surface area contributed by atoms with Crippen LogP contribution in [0.4, 0.5) is 5.69 Å².